The molecule has 1 amide bonds. The maximum atomic E-state index is 13.2. The fraction of sp³-hybridized carbons (Fsp3) is 0.0370. The van der Waals surface area contributed by atoms with Crippen LogP contribution in [-0.2, 0) is 9.53 Å². The molecule has 3 aromatic carbocycles. The molecule has 39 heavy (non-hydrogen) atoms. The van der Waals surface area contributed by atoms with Gasteiger partial charge in [0.1, 0.15) is 11.8 Å². The predicted molar refractivity (Wildman–Crippen MR) is 135 cm³/mol. The molecule has 196 valence electrons. The number of esters is 3. The Kier molecular flexibility index (Phi) is 7.59. The highest BCUT2D eigenvalue weighted by molar-refractivity contribution is 6.13. The number of furan rings is 1. The van der Waals surface area contributed by atoms with Crippen LogP contribution in [0.25, 0.3) is 22.3 Å². The number of amides is 1. The molecule has 0 fully saturated rings. The fourth-order valence-electron chi connectivity index (χ4n) is 3.88. The Labute approximate surface area is 220 Å². The minimum Gasteiger partial charge on any atom is -0.456 e. The van der Waals surface area contributed by atoms with Crippen molar-refractivity contribution in [2.24, 2.45) is 5.84 Å². The van der Waals surface area contributed by atoms with Gasteiger partial charge in [0.15, 0.2) is 0 Å². The van der Waals surface area contributed by atoms with Crippen molar-refractivity contribution >= 4 is 29.5 Å². The van der Waals surface area contributed by atoms with Gasteiger partial charge in [-0.3, -0.25) is 25.1 Å². The summed E-state index contributed by atoms with van der Waals surface area (Å²) in [5, 5.41) is 11.8. The largest absolute Gasteiger partial charge is 0.456 e. The van der Waals surface area contributed by atoms with E-state index in [0.717, 1.165) is 24.6 Å². The first kappa shape index (κ1) is 26.4. The zero-order chi connectivity index (χ0) is 28.1. The Morgan fingerprint density at radius 2 is 1.51 bits per heavy atom. The van der Waals surface area contributed by atoms with Crippen LogP contribution in [0.3, 0.4) is 0 Å². The summed E-state index contributed by atoms with van der Waals surface area (Å²) in [7, 11) is 0. The Morgan fingerprint density at radius 1 is 0.897 bits per heavy atom. The van der Waals surface area contributed by atoms with Crippen LogP contribution >= 0.6 is 0 Å². The van der Waals surface area contributed by atoms with E-state index in [1.165, 1.54) is 6.26 Å². The summed E-state index contributed by atoms with van der Waals surface area (Å²) in [5.41, 5.74) is 1.33. The van der Waals surface area contributed by atoms with E-state index in [2.05, 4.69) is 0 Å². The molecular formula is C27H19N3O9. The Hall–Kier alpha value is -5.62. The molecule has 12 nitrogen and oxygen atoms in total. The van der Waals surface area contributed by atoms with E-state index in [4.69, 9.17) is 19.7 Å². The van der Waals surface area contributed by atoms with Crippen LogP contribution in [0.1, 0.15) is 38.2 Å². The van der Waals surface area contributed by atoms with Crippen molar-refractivity contribution in [2.75, 3.05) is 0 Å². The number of nitrogens with two attached hydrogens (primary N) is 1. The van der Waals surface area contributed by atoms with E-state index >= 15 is 0 Å². The highest BCUT2D eigenvalue weighted by Gasteiger charge is 2.34. The summed E-state index contributed by atoms with van der Waals surface area (Å²) in [6.07, 6.45) is 1.34. The van der Waals surface area contributed by atoms with Crippen molar-refractivity contribution in [2.45, 2.75) is 6.92 Å². The first-order valence-corrected chi connectivity index (χ1v) is 11.2. The average molecular weight is 529 g/mol. The van der Waals surface area contributed by atoms with E-state index in [0.29, 0.717) is 16.7 Å². The normalized spacial score (nSPS) is 10.4. The molecule has 0 atom stereocenters. The summed E-state index contributed by atoms with van der Waals surface area (Å²) in [6, 6.07) is 19.6. The van der Waals surface area contributed by atoms with Crippen LogP contribution in [0.15, 0.2) is 83.5 Å². The van der Waals surface area contributed by atoms with E-state index in [1.54, 1.807) is 60.0 Å². The zero-order valence-corrected chi connectivity index (χ0v) is 20.2. The van der Waals surface area contributed by atoms with Gasteiger partial charge in [-0.15, -0.1) is 0 Å². The van der Waals surface area contributed by atoms with E-state index in [-0.39, 0.29) is 5.76 Å². The highest BCUT2D eigenvalue weighted by atomic mass is 16.6. The number of nitrogen functional groups attached to an aromatic ring is 1. The summed E-state index contributed by atoms with van der Waals surface area (Å²) < 4.78 is 15.3. The number of nitrogens with one attached hydrogen (secondary N) is 1. The first-order chi connectivity index (χ1) is 18.7. The van der Waals surface area contributed by atoms with E-state index in [9.17, 15) is 29.3 Å². The van der Waals surface area contributed by atoms with Crippen LogP contribution in [-0.4, -0.2) is 28.7 Å². The van der Waals surface area contributed by atoms with Crippen LogP contribution < -0.4 is 16.0 Å². The molecule has 4 rings (SSSR count). The Morgan fingerprint density at radius 3 is 2.08 bits per heavy atom. The van der Waals surface area contributed by atoms with Gasteiger partial charge in [0.05, 0.1) is 10.5 Å². The van der Waals surface area contributed by atoms with E-state index < -0.39 is 51.3 Å². The molecule has 0 aliphatic heterocycles. The molecule has 4 aromatic rings. The van der Waals surface area contributed by atoms with Crippen molar-refractivity contribution in [3.63, 3.8) is 0 Å². The minimum atomic E-state index is -1.41. The van der Waals surface area contributed by atoms with Gasteiger partial charge >= 0.3 is 23.6 Å². The number of rotatable bonds is 7. The molecule has 0 aliphatic carbocycles. The van der Waals surface area contributed by atoms with Crippen LogP contribution in [0.4, 0.5) is 5.69 Å². The van der Waals surface area contributed by atoms with Crippen molar-refractivity contribution < 1.29 is 38.0 Å². The van der Waals surface area contributed by atoms with Crippen LogP contribution in [0, 0.1) is 10.1 Å². The van der Waals surface area contributed by atoms with Crippen LogP contribution in [0.5, 0.6) is 5.75 Å². The van der Waals surface area contributed by atoms with Gasteiger partial charge in [0.25, 0.3) is 5.91 Å². The molecule has 0 bridgehead atoms. The summed E-state index contributed by atoms with van der Waals surface area (Å²) in [5.74, 6) is -0.562. The molecule has 12 heteroatoms. The van der Waals surface area contributed by atoms with Gasteiger partial charge in [-0.25, -0.2) is 15.4 Å². The topological polar surface area (TPSA) is 181 Å². The maximum Gasteiger partial charge on any atom is 0.382 e. The lowest BCUT2D eigenvalue weighted by atomic mass is 9.97. The summed E-state index contributed by atoms with van der Waals surface area (Å²) >= 11 is 0. The Balaban J connectivity index is 1.78. The smallest absolute Gasteiger partial charge is 0.382 e. The van der Waals surface area contributed by atoms with Crippen molar-refractivity contribution in [3.05, 3.63) is 106 Å². The monoisotopic (exact) mass is 529 g/mol. The third-order valence-electron chi connectivity index (χ3n) is 5.46. The highest BCUT2D eigenvalue weighted by Crippen LogP contribution is 2.38. The maximum absolute atomic E-state index is 13.2. The quantitative estimate of drug-likeness (QED) is 0.0674. The molecule has 0 aliphatic rings. The molecule has 3 N–H and O–H groups in total. The minimum absolute atomic E-state index is 0.315. The molecule has 0 saturated carbocycles. The summed E-state index contributed by atoms with van der Waals surface area (Å²) in [4.78, 5) is 60.8. The third kappa shape index (κ3) is 5.40. The van der Waals surface area contributed by atoms with Crippen molar-refractivity contribution in [3.8, 4) is 28.0 Å². The number of nitro groups is 1. The molecule has 0 saturated heterocycles. The van der Waals surface area contributed by atoms with Crippen LogP contribution in [0.2, 0.25) is 0 Å². The van der Waals surface area contributed by atoms with Gasteiger partial charge in [-0.1, -0.05) is 60.7 Å². The second-order valence-electron chi connectivity index (χ2n) is 7.92. The van der Waals surface area contributed by atoms with E-state index in [1.807, 2.05) is 6.07 Å². The molecule has 0 spiro atoms. The standard InChI is InChI=1S/C27H19N3O9/c1-15(31)38-20-13-12-18(22(25(32)29-28)23(20)30(35)36)26(33)39-27(34)24-21(17-10-6-3-7-11-17)19(14-37-24)16-8-4-2-5-9-16/h2-14H,28H2,1H3,(H,29,32). The number of ether oxygens (including phenoxy) is 2. The number of carbonyl (C=O) groups is 4. The van der Waals surface area contributed by atoms with Gasteiger partial charge in [0, 0.05) is 18.1 Å². The van der Waals surface area contributed by atoms with Gasteiger partial charge in [-0.05, 0) is 23.3 Å². The number of hydrazine groups is 1. The zero-order valence-electron chi connectivity index (χ0n) is 20.2. The van der Waals surface area contributed by atoms with Crippen molar-refractivity contribution in [1.29, 1.82) is 0 Å². The average Bonchev–Trinajstić information content (AvgIpc) is 3.38. The predicted octanol–water partition coefficient (Wildman–Crippen LogP) is 4.05. The molecule has 0 unspecified atom stereocenters. The van der Waals surface area contributed by atoms with Gasteiger partial charge < -0.3 is 13.9 Å². The Bertz CT molecular complexity index is 1600. The number of hydrogen-bond donors (Lipinski definition) is 2. The van der Waals surface area contributed by atoms with Gasteiger partial charge in [-0.2, -0.15) is 0 Å². The first-order valence-electron chi connectivity index (χ1n) is 11.2. The SMILES string of the molecule is CC(=O)Oc1ccc(C(=O)OC(=O)c2occ(-c3ccccc3)c2-c2ccccc2)c(C(=O)NN)c1[N+](=O)[O-]. The second kappa shape index (κ2) is 11.2. The number of nitro benzene ring substituents is 1. The molecular weight excluding hydrogens is 510 g/mol. The molecule has 0 radical (unpaired) electrons. The van der Waals surface area contributed by atoms with Gasteiger partial charge in [0.2, 0.25) is 11.5 Å². The third-order valence-corrected chi connectivity index (χ3v) is 5.46. The number of hydrogen-bond acceptors (Lipinski definition) is 10. The number of nitrogens with zero attached hydrogens (tertiary/aromatic N) is 1. The lowest BCUT2D eigenvalue weighted by Crippen LogP contribution is -2.32. The lowest BCUT2D eigenvalue weighted by Gasteiger charge is -2.11. The second-order valence-corrected chi connectivity index (χ2v) is 7.92. The number of carbonyl (C=O) groups excluding carboxylic acids is 4. The molecule has 1 aromatic heterocycles. The number of benzene rings is 3. The fourth-order valence-corrected chi connectivity index (χ4v) is 3.88. The lowest BCUT2D eigenvalue weighted by molar-refractivity contribution is -0.386. The van der Waals surface area contributed by atoms with Crippen molar-refractivity contribution in [1.82, 2.24) is 5.43 Å². The molecule has 1 heterocycles. The summed E-state index contributed by atoms with van der Waals surface area (Å²) in [6.45, 7) is 0.991.